The number of benzene rings is 2. The minimum Gasteiger partial charge on any atom is -0.478 e. The number of ether oxygens (including phenoxy) is 2. The van der Waals surface area contributed by atoms with Crippen molar-refractivity contribution in [1.29, 1.82) is 0 Å². The molecule has 4 rings (SSSR count). The zero-order valence-corrected chi connectivity index (χ0v) is 14.3. The fourth-order valence-electron chi connectivity index (χ4n) is 2.71. The van der Waals surface area contributed by atoms with Crippen LogP contribution >= 0.6 is 0 Å². The molecule has 2 heterocycles. The molecular formula is C20H16N2O5. The van der Waals surface area contributed by atoms with Gasteiger partial charge in [0, 0.05) is 11.6 Å². The van der Waals surface area contributed by atoms with Crippen LogP contribution < -0.4 is 10.1 Å². The summed E-state index contributed by atoms with van der Waals surface area (Å²) in [7, 11) is 0. The van der Waals surface area contributed by atoms with Gasteiger partial charge in [-0.25, -0.2) is 0 Å². The van der Waals surface area contributed by atoms with Gasteiger partial charge in [-0.15, -0.1) is 0 Å². The number of nitrogens with zero attached hydrogens (tertiary/aromatic N) is 1. The fraction of sp³-hybridized carbons (Fsp3) is 0.150. The average molecular weight is 364 g/mol. The highest BCUT2D eigenvalue weighted by atomic mass is 16.5. The summed E-state index contributed by atoms with van der Waals surface area (Å²) in [5.74, 6) is 0.185. The first-order valence-corrected chi connectivity index (χ1v) is 8.42. The number of amides is 1. The van der Waals surface area contributed by atoms with Crippen molar-refractivity contribution in [1.82, 2.24) is 5.16 Å². The first kappa shape index (κ1) is 16.8. The maximum absolute atomic E-state index is 12.1. The van der Waals surface area contributed by atoms with Gasteiger partial charge < -0.3 is 19.3 Å². The number of fused-ring (bicyclic) bond motifs is 1. The van der Waals surface area contributed by atoms with Crippen LogP contribution in [0.5, 0.6) is 5.75 Å². The highest BCUT2D eigenvalue weighted by Crippen LogP contribution is 2.29. The number of carbonyl (C=O) groups excluding carboxylic acids is 2. The van der Waals surface area contributed by atoms with E-state index in [1.807, 2.05) is 30.3 Å². The fourth-order valence-corrected chi connectivity index (χ4v) is 2.71. The molecule has 1 aliphatic heterocycles. The highest BCUT2D eigenvalue weighted by Gasteiger charge is 2.30. The Morgan fingerprint density at radius 1 is 1.11 bits per heavy atom. The molecule has 1 aliphatic rings. The lowest BCUT2D eigenvalue weighted by atomic mass is 10.1. The second-order valence-corrected chi connectivity index (χ2v) is 6.01. The normalized spacial score (nSPS) is 15.4. The molecule has 0 aliphatic carbocycles. The quantitative estimate of drug-likeness (QED) is 0.699. The molecule has 0 unspecified atom stereocenters. The number of carbonyl (C=O) groups is 2. The van der Waals surface area contributed by atoms with Crippen LogP contribution in [0.2, 0.25) is 0 Å². The Hall–Kier alpha value is -3.61. The highest BCUT2D eigenvalue weighted by molar-refractivity contribution is 5.99. The molecule has 0 bridgehead atoms. The van der Waals surface area contributed by atoms with E-state index in [0.717, 1.165) is 5.56 Å². The molecule has 1 atom stereocenters. The van der Waals surface area contributed by atoms with E-state index in [1.54, 1.807) is 30.3 Å². The van der Waals surface area contributed by atoms with Crippen molar-refractivity contribution in [3.63, 3.8) is 0 Å². The van der Waals surface area contributed by atoms with Crippen molar-refractivity contribution < 1.29 is 23.6 Å². The molecule has 1 N–H and O–H groups in total. The van der Waals surface area contributed by atoms with Crippen LogP contribution in [0.1, 0.15) is 12.1 Å². The molecule has 1 amide bonds. The first-order valence-electron chi connectivity index (χ1n) is 8.42. The predicted molar refractivity (Wildman–Crippen MR) is 95.8 cm³/mol. The predicted octanol–water partition coefficient (Wildman–Crippen LogP) is 3.17. The summed E-state index contributed by atoms with van der Waals surface area (Å²) < 4.78 is 16.0. The van der Waals surface area contributed by atoms with Gasteiger partial charge in [0.1, 0.15) is 18.1 Å². The lowest BCUT2D eigenvalue weighted by Gasteiger charge is -2.25. The molecule has 0 saturated heterocycles. The standard InChI is InChI=1S/C20H16N2O5/c23-19(11-18-20(24)21-15-8-4-5-9-16(15)26-18)25-12-14-10-17(27-22-14)13-6-2-1-3-7-13/h1-10,18H,11-12H2,(H,21,24)/t18-/m1/s1. The molecule has 7 heteroatoms. The Labute approximate surface area is 154 Å². The summed E-state index contributed by atoms with van der Waals surface area (Å²) in [4.78, 5) is 24.1. The summed E-state index contributed by atoms with van der Waals surface area (Å²) >= 11 is 0. The van der Waals surface area contributed by atoms with Crippen LogP contribution in [-0.2, 0) is 20.9 Å². The van der Waals surface area contributed by atoms with Crippen LogP contribution in [-0.4, -0.2) is 23.1 Å². The topological polar surface area (TPSA) is 90.7 Å². The van der Waals surface area contributed by atoms with E-state index in [4.69, 9.17) is 14.0 Å². The number of nitrogens with one attached hydrogen (secondary N) is 1. The number of hydrogen-bond acceptors (Lipinski definition) is 6. The third kappa shape index (κ3) is 3.82. The van der Waals surface area contributed by atoms with Crippen molar-refractivity contribution in [3.8, 4) is 17.1 Å². The van der Waals surface area contributed by atoms with Crippen molar-refractivity contribution in [3.05, 3.63) is 66.4 Å². The molecule has 7 nitrogen and oxygen atoms in total. The number of para-hydroxylation sites is 2. The largest absolute Gasteiger partial charge is 0.478 e. The monoisotopic (exact) mass is 364 g/mol. The summed E-state index contributed by atoms with van der Waals surface area (Å²) in [5.41, 5.74) is 1.96. The average Bonchev–Trinajstić information content (AvgIpc) is 3.17. The Morgan fingerprint density at radius 3 is 2.74 bits per heavy atom. The number of aromatic nitrogens is 1. The molecule has 1 aromatic heterocycles. The summed E-state index contributed by atoms with van der Waals surface area (Å²) in [5, 5.41) is 6.60. The van der Waals surface area contributed by atoms with Gasteiger partial charge in [-0.1, -0.05) is 47.6 Å². The summed E-state index contributed by atoms with van der Waals surface area (Å²) in [6.45, 7) is -0.0416. The van der Waals surface area contributed by atoms with E-state index in [0.29, 0.717) is 22.9 Å². The van der Waals surface area contributed by atoms with Crippen LogP contribution in [0.4, 0.5) is 5.69 Å². The number of rotatable bonds is 5. The zero-order valence-electron chi connectivity index (χ0n) is 14.3. The molecule has 136 valence electrons. The van der Waals surface area contributed by atoms with Gasteiger partial charge in [0.05, 0.1) is 12.1 Å². The maximum Gasteiger partial charge on any atom is 0.310 e. The molecule has 2 aromatic carbocycles. The Kier molecular flexibility index (Phi) is 4.57. The van der Waals surface area contributed by atoms with Gasteiger partial charge in [0.2, 0.25) is 0 Å². The third-order valence-corrected chi connectivity index (χ3v) is 4.06. The van der Waals surface area contributed by atoms with E-state index in [2.05, 4.69) is 10.5 Å². The smallest absolute Gasteiger partial charge is 0.310 e. The van der Waals surface area contributed by atoms with Crippen molar-refractivity contribution >= 4 is 17.6 Å². The van der Waals surface area contributed by atoms with E-state index in [-0.39, 0.29) is 18.9 Å². The molecular weight excluding hydrogens is 348 g/mol. The van der Waals surface area contributed by atoms with E-state index < -0.39 is 12.1 Å². The van der Waals surface area contributed by atoms with Gasteiger partial charge in [-0.3, -0.25) is 9.59 Å². The molecule has 3 aromatic rings. The number of esters is 1. The van der Waals surface area contributed by atoms with E-state index >= 15 is 0 Å². The Balaban J connectivity index is 1.33. The molecule has 0 radical (unpaired) electrons. The second-order valence-electron chi connectivity index (χ2n) is 6.01. The lowest BCUT2D eigenvalue weighted by molar-refractivity contribution is -0.149. The van der Waals surface area contributed by atoms with E-state index in [1.165, 1.54) is 0 Å². The molecule has 27 heavy (non-hydrogen) atoms. The van der Waals surface area contributed by atoms with E-state index in [9.17, 15) is 9.59 Å². The minimum absolute atomic E-state index is 0.0416. The van der Waals surface area contributed by atoms with Gasteiger partial charge in [-0.05, 0) is 12.1 Å². The number of hydrogen-bond donors (Lipinski definition) is 1. The minimum atomic E-state index is -0.926. The van der Waals surface area contributed by atoms with Crippen LogP contribution in [0.3, 0.4) is 0 Å². The zero-order chi connectivity index (χ0) is 18.6. The van der Waals surface area contributed by atoms with Gasteiger partial charge in [-0.2, -0.15) is 0 Å². The number of anilines is 1. The molecule has 0 fully saturated rings. The van der Waals surface area contributed by atoms with Crippen LogP contribution in [0, 0.1) is 0 Å². The van der Waals surface area contributed by atoms with Crippen LogP contribution in [0.15, 0.2) is 65.2 Å². The molecule has 0 saturated carbocycles. The van der Waals surface area contributed by atoms with Gasteiger partial charge in [0.15, 0.2) is 11.9 Å². The van der Waals surface area contributed by atoms with Crippen molar-refractivity contribution in [2.24, 2.45) is 0 Å². The first-order chi connectivity index (χ1) is 13.2. The van der Waals surface area contributed by atoms with Gasteiger partial charge in [0.25, 0.3) is 5.91 Å². The third-order valence-electron chi connectivity index (χ3n) is 4.06. The van der Waals surface area contributed by atoms with Crippen molar-refractivity contribution in [2.45, 2.75) is 19.1 Å². The molecule has 0 spiro atoms. The van der Waals surface area contributed by atoms with Gasteiger partial charge >= 0.3 is 5.97 Å². The van der Waals surface area contributed by atoms with Crippen LogP contribution in [0.25, 0.3) is 11.3 Å². The second kappa shape index (κ2) is 7.33. The van der Waals surface area contributed by atoms with Crippen molar-refractivity contribution in [2.75, 3.05) is 5.32 Å². The summed E-state index contributed by atoms with van der Waals surface area (Å²) in [6.07, 6.45) is -1.12. The lowest BCUT2D eigenvalue weighted by Crippen LogP contribution is -2.38. The Bertz CT molecular complexity index is 967. The summed E-state index contributed by atoms with van der Waals surface area (Å²) in [6, 6.07) is 18.2. The maximum atomic E-state index is 12.1. The SMILES string of the molecule is O=C(C[C@H]1Oc2ccccc2NC1=O)OCc1cc(-c2ccccc2)on1. The Morgan fingerprint density at radius 2 is 1.89 bits per heavy atom.